The number of carbonyl (C=O) groups excluding carboxylic acids is 1. The lowest BCUT2D eigenvalue weighted by Gasteiger charge is -2.12. The van der Waals surface area contributed by atoms with Gasteiger partial charge in [0, 0.05) is 46.0 Å². The largest absolute Gasteiger partial charge is 0.367 e. The molecule has 0 bridgehead atoms. The Morgan fingerprint density at radius 3 is 2.35 bits per heavy atom. The van der Waals surface area contributed by atoms with Crippen molar-refractivity contribution in [2.45, 2.75) is 48.1 Å². The van der Waals surface area contributed by atoms with Gasteiger partial charge in [0.2, 0.25) is 0 Å². The Hall–Kier alpha value is -2.95. The molecule has 0 unspecified atom stereocenters. The van der Waals surface area contributed by atoms with E-state index >= 15 is 0 Å². The van der Waals surface area contributed by atoms with Crippen LogP contribution >= 0.6 is 35.1 Å². The molecule has 3 heterocycles. The van der Waals surface area contributed by atoms with Crippen LogP contribution in [0.15, 0.2) is 57.8 Å². The number of rotatable bonds is 7. The smallest absolute Gasteiger partial charge is 0.260 e. The van der Waals surface area contributed by atoms with E-state index in [2.05, 4.69) is 25.3 Å². The third-order valence-electron chi connectivity index (χ3n) is 6.03. The number of hydrogen-bond acceptors (Lipinski definition) is 9. The molecule has 0 amide bonds. The summed E-state index contributed by atoms with van der Waals surface area (Å²) in [5.41, 5.74) is 2.58. The van der Waals surface area contributed by atoms with Crippen LogP contribution in [0.3, 0.4) is 0 Å². The molecule has 2 saturated carbocycles. The van der Waals surface area contributed by atoms with Gasteiger partial charge in [-0.15, -0.1) is 0 Å². The topological polar surface area (TPSA) is 103 Å². The van der Waals surface area contributed by atoms with E-state index in [0.29, 0.717) is 44.0 Å². The molecule has 4 aromatic rings. The first-order valence-electron chi connectivity index (χ1n) is 11.9. The number of hydrogen-bond donors (Lipinski definition) is 1. The minimum absolute atomic E-state index is 0.0288. The van der Waals surface area contributed by atoms with Crippen molar-refractivity contribution in [2.24, 2.45) is 0 Å². The van der Waals surface area contributed by atoms with Crippen LogP contribution in [0.5, 0.6) is 0 Å². The second-order valence-electron chi connectivity index (χ2n) is 8.78. The summed E-state index contributed by atoms with van der Waals surface area (Å²) in [6.45, 7) is 0. The summed E-state index contributed by atoms with van der Waals surface area (Å²) in [6, 6.07) is 10.0. The molecular formula is C26H25ClN6O2S2. The van der Waals surface area contributed by atoms with Gasteiger partial charge in [-0.3, -0.25) is 14.2 Å². The van der Waals surface area contributed by atoms with E-state index in [1.807, 2.05) is 41.3 Å². The number of halogens is 1. The highest BCUT2D eigenvalue weighted by Crippen LogP contribution is 2.37. The number of pyridine rings is 1. The SMILES string of the molecule is CSc1ncc(C=O)c(NC2CC2)n1.CSc1ncc2cc(-c3ccccc3Cl)c(=O)n(C3CC3)c2n1. The summed E-state index contributed by atoms with van der Waals surface area (Å²) < 4.78 is 1.81. The maximum absolute atomic E-state index is 13.1. The van der Waals surface area contributed by atoms with E-state index in [0.717, 1.165) is 42.9 Å². The van der Waals surface area contributed by atoms with Crippen molar-refractivity contribution in [3.05, 3.63) is 63.7 Å². The van der Waals surface area contributed by atoms with Crippen molar-refractivity contribution in [3.8, 4) is 11.1 Å². The summed E-state index contributed by atoms with van der Waals surface area (Å²) in [4.78, 5) is 40.9. The first-order valence-corrected chi connectivity index (χ1v) is 14.7. The molecule has 0 spiro atoms. The molecule has 8 nitrogen and oxygen atoms in total. The number of benzene rings is 1. The van der Waals surface area contributed by atoms with E-state index in [-0.39, 0.29) is 11.6 Å². The molecule has 2 fully saturated rings. The summed E-state index contributed by atoms with van der Waals surface area (Å²) in [7, 11) is 0. The summed E-state index contributed by atoms with van der Waals surface area (Å²) in [5.74, 6) is 0.668. The number of anilines is 1. The van der Waals surface area contributed by atoms with Gasteiger partial charge in [0.15, 0.2) is 16.6 Å². The van der Waals surface area contributed by atoms with Gasteiger partial charge < -0.3 is 5.32 Å². The molecule has 190 valence electrons. The van der Waals surface area contributed by atoms with Crippen LogP contribution in [-0.2, 0) is 0 Å². The molecule has 2 aliphatic carbocycles. The van der Waals surface area contributed by atoms with Crippen LogP contribution in [0.4, 0.5) is 5.82 Å². The van der Waals surface area contributed by atoms with Gasteiger partial charge in [-0.05, 0) is 50.3 Å². The number of thioether (sulfide) groups is 2. The molecule has 0 radical (unpaired) electrons. The van der Waals surface area contributed by atoms with Crippen LogP contribution < -0.4 is 10.9 Å². The molecule has 0 saturated heterocycles. The van der Waals surface area contributed by atoms with Crippen molar-refractivity contribution < 1.29 is 4.79 Å². The Morgan fingerprint density at radius 1 is 1.00 bits per heavy atom. The van der Waals surface area contributed by atoms with Crippen LogP contribution in [-0.4, -0.2) is 49.3 Å². The highest BCUT2D eigenvalue weighted by Gasteiger charge is 2.28. The van der Waals surface area contributed by atoms with Crippen molar-refractivity contribution in [1.82, 2.24) is 24.5 Å². The summed E-state index contributed by atoms with van der Waals surface area (Å²) in [6.07, 6.45) is 12.3. The number of fused-ring (bicyclic) bond motifs is 1. The predicted octanol–water partition coefficient (Wildman–Crippen LogP) is 5.75. The number of aldehydes is 1. The van der Waals surface area contributed by atoms with Crippen molar-refractivity contribution in [3.63, 3.8) is 0 Å². The first kappa shape index (κ1) is 25.7. The lowest BCUT2D eigenvalue weighted by Crippen LogP contribution is -2.22. The Balaban J connectivity index is 0.000000171. The van der Waals surface area contributed by atoms with E-state index in [9.17, 15) is 9.59 Å². The molecule has 0 aliphatic heterocycles. The molecule has 2 aliphatic rings. The van der Waals surface area contributed by atoms with Crippen molar-refractivity contribution in [1.29, 1.82) is 0 Å². The van der Waals surface area contributed by atoms with Gasteiger partial charge in [-0.2, -0.15) is 0 Å². The quantitative estimate of drug-likeness (QED) is 0.174. The summed E-state index contributed by atoms with van der Waals surface area (Å²) >= 11 is 9.24. The number of nitrogens with one attached hydrogen (secondary N) is 1. The Bertz CT molecular complexity index is 1520. The second-order valence-corrected chi connectivity index (χ2v) is 10.7. The van der Waals surface area contributed by atoms with E-state index in [1.54, 1.807) is 18.5 Å². The second kappa shape index (κ2) is 11.2. The Labute approximate surface area is 227 Å². The third kappa shape index (κ3) is 5.81. The Kier molecular flexibility index (Phi) is 7.78. The molecule has 1 N–H and O–H groups in total. The maximum Gasteiger partial charge on any atom is 0.260 e. The molecule has 11 heteroatoms. The van der Waals surface area contributed by atoms with E-state index < -0.39 is 0 Å². The summed E-state index contributed by atoms with van der Waals surface area (Å²) in [5, 5.41) is 6.03. The van der Waals surface area contributed by atoms with E-state index in [1.165, 1.54) is 23.5 Å². The highest BCUT2D eigenvalue weighted by molar-refractivity contribution is 7.98. The third-order valence-corrected chi connectivity index (χ3v) is 7.49. The van der Waals surface area contributed by atoms with Crippen LogP contribution in [0.2, 0.25) is 5.02 Å². The zero-order valence-electron chi connectivity index (χ0n) is 20.3. The Morgan fingerprint density at radius 2 is 1.70 bits per heavy atom. The van der Waals surface area contributed by atoms with Gasteiger partial charge in [0.25, 0.3) is 5.56 Å². The molecule has 0 atom stereocenters. The van der Waals surface area contributed by atoms with Crippen LogP contribution in [0.25, 0.3) is 22.2 Å². The predicted molar refractivity (Wildman–Crippen MR) is 150 cm³/mol. The van der Waals surface area contributed by atoms with Gasteiger partial charge in [-0.25, -0.2) is 19.9 Å². The van der Waals surface area contributed by atoms with Gasteiger partial charge in [0.05, 0.1) is 5.56 Å². The van der Waals surface area contributed by atoms with E-state index in [4.69, 9.17) is 11.6 Å². The van der Waals surface area contributed by atoms with Crippen molar-refractivity contribution in [2.75, 3.05) is 17.8 Å². The fourth-order valence-corrected chi connectivity index (χ4v) is 4.76. The number of carbonyl (C=O) groups is 1. The van der Waals surface area contributed by atoms with Crippen molar-refractivity contribution >= 4 is 58.3 Å². The zero-order chi connectivity index (χ0) is 25.9. The van der Waals surface area contributed by atoms with Gasteiger partial charge in [0.1, 0.15) is 11.5 Å². The minimum atomic E-state index is -0.0288. The van der Waals surface area contributed by atoms with Gasteiger partial charge in [-0.1, -0.05) is 53.3 Å². The normalized spacial score (nSPS) is 14.7. The molecular weight excluding hydrogens is 528 g/mol. The highest BCUT2D eigenvalue weighted by atomic mass is 35.5. The van der Waals surface area contributed by atoms with Crippen LogP contribution in [0.1, 0.15) is 42.1 Å². The fraction of sp³-hybridized carbons (Fsp3) is 0.308. The minimum Gasteiger partial charge on any atom is -0.367 e. The average Bonchev–Trinajstić information content (AvgIpc) is 3.85. The lowest BCUT2D eigenvalue weighted by atomic mass is 10.1. The van der Waals surface area contributed by atoms with Crippen LogP contribution in [0, 0.1) is 0 Å². The monoisotopic (exact) mass is 552 g/mol. The fourth-order valence-electron chi connectivity index (χ4n) is 3.84. The molecule has 3 aromatic heterocycles. The first-order chi connectivity index (χ1) is 18.0. The lowest BCUT2D eigenvalue weighted by molar-refractivity contribution is 0.112. The van der Waals surface area contributed by atoms with Gasteiger partial charge >= 0.3 is 0 Å². The zero-order valence-corrected chi connectivity index (χ0v) is 22.7. The average molecular weight is 553 g/mol. The molecule has 6 rings (SSSR count). The molecule has 37 heavy (non-hydrogen) atoms. The number of nitrogens with zero attached hydrogens (tertiary/aromatic N) is 5. The number of aromatic nitrogens is 5. The molecule has 1 aromatic carbocycles. The maximum atomic E-state index is 13.1. The standard InChI is InChI=1S/C17H14ClN3OS.C9H11N3OS/c1-23-17-19-9-10-8-13(12-4-2-3-5-14(12)18)16(22)21(11-6-7-11)15(10)20-17;1-14-9-10-4-6(5-13)8(12-9)11-7-2-3-7/h2-5,8-9,11H,6-7H2,1H3;4-5,7H,2-3H2,1H3,(H,10,11,12).